The maximum atomic E-state index is 13.5. The predicted molar refractivity (Wildman–Crippen MR) is 119 cm³/mol. The highest BCUT2D eigenvalue weighted by Gasteiger charge is 2.40. The zero-order valence-corrected chi connectivity index (χ0v) is 18.3. The molecule has 0 atom stereocenters. The molecule has 3 aromatic heterocycles. The second-order valence-electron chi connectivity index (χ2n) is 7.58. The van der Waals surface area contributed by atoms with Crippen molar-refractivity contribution in [3.8, 4) is 17.1 Å². The van der Waals surface area contributed by atoms with Crippen molar-refractivity contribution in [3.05, 3.63) is 78.0 Å². The number of carbonyl (C=O) groups excluding carboxylic acids is 1. The van der Waals surface area contributed by atoms with Crippen LogP contribution in [0.5, 0.6) is 0 Å². The lowest BCUT2D eigenvalue weighted by atomic mass is 10.1. The second kappa shape index (κ2) is 8.70. The first-order valence-electron chi connectivity index (χ1n) is 10.6. The zero-order valence-electron chi connectivity index (χ0n) is 18.3. The second-order valence-corrected chi connectivity index (χ2v) is 7.58. The summed E-state index contributed by atoms with van der Waals surface area (Å²) >= 11 is 0. The van der Waals surface area contributed by atoms with Gasteiger partial charge in [0.25, 0.3) is 0 Å². The number of hydrogen-bond acceptors (Lipinski definition) is 6. The molecule has 0 radical (unpaired) electrons. The van der Waals surface area contributed by atoms with E-state index in [0.29, 0.717) is 11.4 Å². The summed E-state index contributed by atoms with van der Waals surface area (Å²) in [5.41, 5.74) is 1.17. The van der Waals surface area contributed by atoms with Gasteiger partial charge in [-0.1, -0.05) is 24.3 Å². The van der Waals surface area contributed by atoms with Crippen LogP contribution in [0.2, 0.25) is 0 Å². The molecule has 0 bridgehead atoms. The Morgan fingerprint density at radius 3 is 2.69 bits per heavy atom. The first-order valence-corrected chi connectivity index (χ1v) is 10.6. The fraction of sp³-hybridized carbons (Fsp3) is 0.174. The fourth-order valence-electron chi connectivity index (χ4n) is 4.03. The van der Waals surface area contributed by atoms with Crippen molar-refractivity contribution < 1.29 is 22.7 Å². The molecule has 5 aromatic rings. The number of imidazole rings is 1. The molecule has 5 rings (SSSR count). The van der Waals surface area contributed by atoms with Crippen LogP contribution in [-0.4, -0.2) is 47.3 Å². The number of alkyl halides is 3. The molecule has 0 saturated carbocycles. The third-order valence-electron chi connectivity index (χ3n) is 5.49. The number of fused-ring (bicyclic) bond motifs is 1. The lowest BCUT2D eigenvalue weighted by Gasteiger charge is -2.13. The van der Waals surface area contributed by atoms with Crippen molar-refractivity contribution in [2.75, 3.05) is 6.61 Å². The molecule has 0 aliphatic carbocycles. The van der Waals surface area contributed by atoms with Crippen molar-refractivity contribution in [1.29, 1.82) is 0 Å². The highest BCUT2D eigenvalue weighted by Crippen LogP contribution is 2.33. The van der Waals surface area contributed by atoms with E-state index in [-0.39, 0.29) is 13.2 Å². The van der Waals surface area contributed by atoms with Crippen LogP contribution in [0.15, 0.2) is 61.1 Å². The van der Waals surface area contributed by atoms with Gasteiger partial charge in [0, 0.05) is 23.7 Å². The minimum Gasteiger partial charge on any atom is -0.461 e. The molecule has 2 aromatic carbocycles. The number of nitrogens with one attached hydrogen (secondary N) is 1. The van der Waals surface area contributed by atoms with Gasteiger partial charge in [0.1, 0.15) is 0 Å². The number of esters is 1. The average molecular weight is 481 g/mol. The number of nitrogens with zero attached hydrogens (tertiary/aromatic N) is 6. The van der Waals surface area contributed by atoms with Crippen molar-refractivity contribution in [1.82, 2.24) is 34.7 Å². The van der Waals surface area contributed by atoms with Crippen LogP contribution in [0.1, 0.15) is 28.7 Å². The van der Waals surface area contributed by atoms with E-state index in [1.165, 1.54) is 11.5 Å². The average Bonchev–Trinajstić information content (AvgIpc) is 3.59. The van der Waals surface area contributed by atoms with E-state index in [2.05, 4.69) is 25.6 Å². The Kier molecular flexibility index (Phi) is 5.55. The summed E-state index contributed by atoms with van der Waals surface area (Å²) in [6.45, 7) is 1.46. The van der Waals surface area contributed by atoms with Gasteiger partial charge < -0.3 is 13.9 Å². The van der Waals surface area contributed by atoms with E-state index in [4.69, 9.17) is 4.74 Å². The molecule has 12 heteroatoms. The Morgan fingerprint density at radius 2 is 1.94 bits per heavy atom. The Morgan fingerprint density at radius 1 is 1.11 bits per heavy atom. The molecular weight excluding hydrogens is 463 g/mol. The van der Waals surface area contributed by atoms with Gasteiger partial charge in [0.2, 0.25) is 5.82 Å². The Hall–Kier alpha value is -4.48. The molecule has 3 heterocycles. The number of aromatic nitrogens is 7. The minimum absolute atomic E-state index is 0.00886. The normalized spacial score (nSPS) is 11.8. The largest absolute Gasteiger partial charge is 0.461 e. The quantitative estimate of drug-likeness (QED) is 0.364. The highest BCUT2D eigenvalue weighted by atomic mass is 19.4. The first-order chi connectivity index (χ1) is 16.9. The summed E-state index contributed by atoms with van der Waals surface area (Å²) < 4.78 is 48.5. The molecule has 1 N–H and O–H groups in total. The van der Waals surface area contributed by atoms with Gasteiger partial charge in [-0.15, -0.1) is 10.2 Å². The minimum atomic E-state index is -4.79. The van der Waals surface area contributed by atoms with Gasteiger partial charge in [-0.05, 0) is 42.0 Å². The molecule has 0 saturated heterocycles. The molecule has 9 nitrogen and oxygen atoms in total. The summed E-state index contributed by atoms with van der Waals surface area (Å²) in [7, 11) is 0. The van der Waals surface area contributed by atoms with Crippen molar-refractivity contribution in [2.45, 2.75) is 19.6 Å². The van der Waals surface area contributed by atoms with Gasteiger partial charge in [-0.25, -0.2) is 9.78 Å². The highest BCUT2D eigenvalue weighted by molar-refractivity contribution is 5.90. The SMILES string of the molecule is CCOC(=O)c1c(C(F)(F)F)ncn1Cc1cccc2c1ccn2-c1ccccc1-c1nn[nH]n1. The number of ether oxygens (including phenoxy) is 1. The molecule has 0 fully saturated rings. The van der Waals surface area contributed by atoms with Crippen LogP contribution in [-0.2, 0) is 17.5 Å². The number of rotatable bonds is 6. The number of para-hydroxylation sites is 1. The zero-order chi connectivity index (χ0) is 24.6. The number of carbonyl (C=O) groups is 1. The van der Waals surface area contributed by atoms with Crippen LogP contribution in [0.3, 0.4) is 0 Å². The topological polar surface area (TPSA) is 104 Å². The molecule has 178 valence electrons. The van der Waals surface area contributed by atoms with Gasteiger partial charge >= 0.3 is 12.1 Å². The molecule has 0 aliphatic heterocycles. The van der Waals surface area contributed by atoms with Crippen LogP contribution in [0, 0.1) is 0 Å². The Balaban J connectivity index is 1.59. The van der Waals surface area contributed by atoms with E-state index >= 15 is 0 Å². The van der Waals surface area contributed by atoms with Crippen LogP contribution >= 0.6 is 0 Å². The lowest BCUT2D eigenvalue weighted by Crippen LogP contribution is -2.19. The van der Waals surface area contributed by atoms with Crippen molar-refractivity contribution >= 4 is 16.9 Å². The lowest BCUT2D eigenvalue weighted by molar-refractivity contribution is -0.141. The third-order valence-corrected chi connectivity index (χ3v) is 5.49. The number of tetrazole rings is 1. The monoisotopic (exact) mass is 481 g/mol. The number of aromatic amines is 1. The Labute approximate surface area is 196 Å². The third kappa shape index (κ3) is 4.03. The first kappa shape index (κ1) is 22.3. The van der Waals surface area contributed by atoms with E-state index in [1.54, 1.807) is 12.1 Å². The molecule has 0 unspecified atom stereocenters. The van der Waals surface area contributed by atoms with Crippen LogP contribution in [0.4, 0.5) is 13.2 Å². The number of H-pyrrole nitrogens is 1. The maximum absolute atomic E-state index is 13.5. The van der Waals surface area contributed by atoms with E-state index in [0.717, 1.165) is 28.5 Å². The van der Waals surface area contributed by atoms with Crippen molar-refractivity contribution in [3.63, 3.8) is 0 Å². The van der Waals surface area contributed by atoms with Gasteiger partial charge in [-0.3, -0.25) is 0 Å². The van der Waals surface area contributed by atoms with Gasteiger partial charge in [0.15, 0.2) is 11.4 Å². The summed E-state index contributed by atoms with van der Waals surface area (Å²) in [6, 6.07) is 14.9. The summed E-state index contributed by atoms with van der Waals surface area (Å²) in [5.74, 6) is -0.646. The van der Waals surface area contributed by atoms with E-state index < -0.39 is 23.5 Å². The Bertz CT molecular complexity index is 1500. The summed E-state index contributed by atoms with van der Waals surface area (Å²) in [4.78, 5) is 15.8. The number of hydrogen-bond donors (Lipinski definition) is 1. The van der Waals surface area contributed by atoms with E-state index in [9.17, 15) is 18.0 Å². The fourth-order valence-corrected chi connectivity index (χ4v) is 4.03. The summed E-state index contributed by atoms with van der Waals surface area (Å²) in [5, 5.41) is 15.0. The molecular formula is C23H18F3N7O2. The van der Waals surface area contributed by atoms with E-state index in [1.807, 2.05) is 47.2 Å². The predicted octanol–water partition coefficient (Wildman–Crippen LogP) is 4.25. The standard InChI is InChI=1S/C23H18F3N7O2/c1-2-35-22(34)19-20(23(24,25)26)27-13-32(19)12-14-6-5-9-17-15(14)10-11-33(17)18-8-4-3-7-16(18)21-28-30-31-29-21/h3-11,13H,2,12H2,1H3,(H,28,29,30,31). The van der Waals surface area contributed by atoms with Crippen LogP contribution < -0.4 is 0 Å². The molecule has 0 amide bonds. The number of benzene rings is 2. The van der Waals surface area contributed by atoms with Gasteiger partial charge in [-0.2, -0.15) is 18.4 Å². The van der Waals surface area contributed by atoms with Crippen LogP contribution in [0.25, 0.3) is 28.0 Å². The van der Waals surface area contributed by atoms with Crippen molar-refractivity contribution in [2.24, 2.45) is 0 Å². The number of halogens is 3. The van der Waals surface area contributed by atoms with Gasteiger partial charge in [0.05, 0.1) is 24.1 Å². The molecule has 35 heavy (non-hydrogen) atoms. The molecule has 0 aliphatic rings. The molecule has 0 spiro atoms. The maximum Gasteiger partial charge on any atom is 0.435 e. The smallest absolute Gasteiger partial charge is 0.435 e. The summed E-state index contributed by atoms with van der Waals surface area (Å²) in [6.07, 6.45) is -1.92.